The summed E-state index contributed by atoms with van der Waals surface area (Å²) in [6, 6.07) is 11.9. The number of carbonyl (C=O) groups excluding carboxylic acids is 1. The van der Waals surface area contributed by atoms with E-state index in [2.05, 4.69) is 40.3 Å². The van der Waals surface area contributed by atoms with Crippen LogP contribution in [0.25, 0.3) is 0 Å². The molecule has 1 unspecified atom stereocenters. The van der Waals surface area contributed by atoms with Gasteiger partial charge < -0.3 is 10.3 Å². The van der Waals surface area contributed by atoms with E-state index in [1.54, 1.807) is 18.3 Å². The lowest BCUT2D eigenvalue weighted by Crippen LogP contribution is -2.34. The second kappa shape index (κ2) is 8.41. The van der Waals surface area contributed by atoms with E-state index in [1.807, 2.05) is 6.07 Å². The van der Waals surface area contributed by atoms with Crippen molar-refractivity contribution in [3.8, 4) is 0 Å². The van der Waals surface area contributed by atoms with Crippen LogP contribution in [0.15, 0.2) is 42.6 Å². The highest BCUT2D eigenvalue weighted by Gasteiger charge is 2.17. The summed E-state index contributed by atoms with van der Waals surface area (Å²) >= 11 is 5.18. The van der Waals surface area contributed by atoms with Crippen LogP contribution in [-0.2, 0) is 13.1 Å². The van der Waals surface area contributed by atoms with Gasteiger partial charge in [0.2, 0.25) is 0 Å². The van der Waals surface area contributed by atoms with E-state index >= 15 is 0 Å². The van der Waals surface area contributed by atoms with Crippen molar-refractivity contribution < 1.29 is 4.79 Å². The molecule has 0 spiro atoms. The number of hydrogen-bond donors (Lipinski definition) is 2. The maximum absolute atomic E-state index is 12.4. The standard InChI is InChI=1S/C20H25N3OS/c1-15-6-5-11-23(13-15)14-17-8-3-2-7-16(17)12-22-19(24)18-9-4-10-21-20(18)25/h2-4,7-10,15H,5-6,11-14H2,1H3,(H,21,25)(H,22,24). The highest BCUT2D eigenvalue weighted by molar-refractivity contribution is 7.71. The summed E-state index contributed by atoms with van der Waals surface area (Å²) in [6.45, 7) is 6.09. The van der Waals surface area contributed by atoms with Crippen LogP contribution in [0.2, 0.25) is 0 Å². The second-order valence-corrected chi connectivity index (χ2v) is 7.26. The van der Waals surface area contributed by atoms with E-state index in [1.165, 1.54) is 24.0 Å². The molecule has 0 saturated carbocycles. The van der Waals surface area contributed by atoms with E-state index in [0.29, 0.717) is 16.7 Å². The van der Waals surface area contributed by atoms with Gasteiger partial charge >= 0.3 is 0 Å². The lowest BCUT2D eigenvalue weighted by atomic mass is 9.99. The summed E-state index contributed by atoms with van der Waals surface area (Å²) in [4.78, 5) is 17.8. The predicted octanol–water partition coefficient (Wildman–Crippen LogP) is 3.91. The molecule has 25 heavy (non-hydrogen) atoms. The molecule has 1 aromatic heterocycles. The van der Waals surface area contributed by atoms with Crippen molar-refractivity contribution in [2.45, 2.75) is 32.9 Å². The highest BCUT2D eigenvalue weighted by atomic mass is 32.1. The molecule has 132 valence electrons. The molecule has 2 N–H and O–H groups in total. The van der Waals surface area contributed by atoms with Crippen molar-refractivity contribution in [3.63, 3.8) is 0 Å². The Labute approximate surface area is 154 Å². The van der Waals surface area contributed by atoms with Crippen LogP contribution in [0.5, 0.6) is 0 Å². The molecule has 1 aromatic carbocycles. The van der Waals surface area contributed by atoms with Gasteiger partial charge in [-0.05, 0) is 48.6 Å². The Balaban J connectivity index is 1.66. The normalized spacial score (nSPS) is 18.0. The quantitative estimate of drug-likeness (QED) is 0.800. The zero-order valence-electron chi connectivity index (χ0n) is 14.6. The number of amides is 1. The third-order valence-electron chi connectivity index (χ3n) is 4.76. The lowest BCUT2D eigenvalue weighted by molar-refractivity contribution is 0.0950. The molecule has 0 radical (unpaired) electrons. The molecule has 1 atom stereocenters. The number of aromatic amines is 1. The predicted molar refractivity (Wildman–Crippen MR) is 103 cm³/mol. The van der Waals surface area contributed by atoms with E-state index < -0.39 is 0 Å². The van der Waals surface area contributed by atoms with E-state index in [-0.39, 0.29) is 5.91 Å². The maximum atomic E-state index is 12.4. The molecule has 0 aliphatic carbocycles. The number of hydrogen-bond acceptors (Lipinski definition) is 3. The van der Waals surface area contributed by atoms with E-state index in [9.17, 15) is 4.79 Å². The Morgan fingerprint density at radius 1 is 1.28 bits per heavy atom. The molecule has 3 rings (SSSR count). The Morgan fingerprint density at radius 3 is 2.84 bits per heavy atom. The summed E-state index contributed by atoms with van der Waals surface area (Å²) in [7, 11) is 0. The van der Waals surface area contributed by atoms with Gasteiger partial charge in [-0.1, -0.05) is 43.4 Å². The summed E-state index contributed by atoms with van der Waals surface area (Å²) in [5.41, 5.74) is 2.97. The van der Waals surface area contributed by atoms with E-state index in [0.717, 1.165) is 25.6 Å². The molecule has 1 amide bonds. The molecule has 1 saturated heterocycles. The van der Waals surface area contributed by atoms with Crippen LogP contribution >= 0.6 is 12.2 Å². The number of likely N-dealkylation sites (tertiary alicyclic amines) is 1. The Kier molecular flexibility index (Phi) is 6.00. The number of nitrogens with one attached hydrogen (secondary N) is 2. The molecule has 1 aliphatic rings. The molecular formula is C20H25N3OS. The van der Waals surface area contributed by atoms with Gasteiger partial charge in [0.1, 0.15) is 4.64 Å². The van der Waals surface area contributed by atoms with Gasteiger partial charge in [-0.15, -0.1) is 0 Å². The average Bonchev–Trinajstić information content (AvgIpc) is 2.61. The summed E-state index contributed by atoms with van der Waals surface area (Å²) < 4.78 is 0.468. The average molecular weight is 356 g/mol. The van der Waals surface area contributed by atoms with Crippen molar-refractivity contribution in [2.24, 2.45) is 5.92 Å². The first-order valence-electron chi connectivity index (χ1n) is 8.88. The molecule has 1 aliphatic heterocycles. The van der Waals surface area contributed by atoms with Crippen molar-refractivity contribution in [2.75, 3.05) is 13.1 Å². The van der Waals surface area contributed by atoms with Crippen molar-refractivity contribution in [3.05, 3.63) is 63.9 Å². The van der Waals surface area contributed by atoms with Crippen molar-refractivity contribution in [1.82, 2.24) is 15.2 Å². The number of piperidine rings is 1. The molecule has 0 bridgehead atoms. The smallest absolute Gasteiger partial charge is 0.254 e. The molecular weight excluding hydrogens is 330 g/mol. The Morgan fingerprint density at radius 2 is 2.08 bits per heavy atom. The third-order valence-corrected chi connectivity index (χ3v) is 5.09. The monoisotopic (exact) mass is 355 g/mol. The van der Waals surface area contributed by atoms with Crippen LogP contribution in [0.4, 0.5) is 0 Å². The largest absolute Gasteiger partial charge is 0.352 e. The summed E-state index contributed by atoms with van der Waals surface area (Å²) in [6.07, 6.45) is 4.33. The minimum absolute atomic E-state index is 0.136. The van der Waals surface area contributed by atoms with Gasteiger partial charge in [0.25, 0.3) is 5.91 Å². The zero-order chi connectivity index (χ0) is 17.6. The highest BCUT2D eigenvalue weighted by Crippen LogP contribution is 2.19. The number of rotatable bonds is 5. The minimum Gasteiger partial charge on any atom is -0.352 e. The summed E-state index contributed by atoms with van der Waals surface area (Å²) in [5.74, 6) is 0.628. The van der Waals surface area contributed by atoms with Crippen molar-refractivity contribution in [1.29, 1.82) is 0 Å². The maximum Gasteiger partial charge on any atom is 0.254 e. The first-order valence-corrected chi connectivity index (χ1v) is 9.29. The number of H-pyrrole nitrogens is 1. The second-order valence-electron chi connectivity index (χ2n) is 6.85. The van der Waals surface area contributed by atoms with Crippen LogP contribution < -0.4 is 5.32 Å². The number of aromatic nitrogens is 1. The van der Waals surface area contributed by atoms with Crippen LogP contribution in [0.1, 0.15) is 41.3 Å². The van der Waals surface area contributed by atoms with Gasteiger partial charge in [-0.25, -0.2) is 0 Å². The van der Waals surface area contributed by atoms with Gasteiger partial charge in [-0.2, -0.15) is 0 Å². The number of carbonyl (C=O) groups is 1. The minimum atomic E-state index is -0.136. The number of nitrogens with zero attached hydrogens (tertiary/aromatic N) is 1. The number of benzene rings is 1. The Hall–Kier alpha value is -1.98. The topological polar surface area (TPSA) is 48.1 Å². The van der Waals surface area contributed by atoms with Gasteiger partial charge in [-0.3, -0.25) is 9.69 Å². The van der Waals surface area contributed by atoms with Crippen LogP contribution in [0, 0.1) is 10.6 Å². The van der Waals surface area contributed by atoms with Gasteiger partial charge in [0.15, 0.2) is 0 Å². The fourth-order valence-electron chi connectivity index (χ4n) is 3.43. The van der Waals surface area contributed by atoms with Crippen LogP contribution in [0.3, 0.4) is 0 Å². The SMILES string of the molecule is CC1CCCN(Cc2ccccc2CNC(=O)c2ccc[nH]c2=S)C1. The third kappa shape index (κ3) is 4.77. The summed E-state index contributed by atoms with van der Waals surface area (Å²) in [5, 5.41) is 3.00. The van der Waals surface area contributed by atoms with Gasteiger partial charge in [0.05, 0.1) is 5.56 Å². The molecule has 2 aromatic rings. The molecule has 5 heteroatoms. The van der Waals surface area contributed by atoms with E-state index in [4.69, 9.17) is 12.2 Å². The number of pyridine rings is 1. The van der Waals surface area contributed by atoms with Crippen LogP contribution in [-0.4, -0.2) is 28.9 Å². The lowest BCUT2D eigenvalue weighted by Gasteiger charge is -2.31. The molecule has 4 nitrogen and oxygen atoms in total. The Bertz CT molecular complexity index is 786. The van der Waals surface area contributed by atoms with Crippen molar-refractivity contribution >= 4 is 18.1 Å². The molecule has 2 heterocycles. The molecule has 1 fully saturated rings. The first-order chi connectivity index (χ1) is 12.1. The fraction of sp³-hybridized carbons (Fsp3) is 0.400. The fourth-order valence-corrected chi connectivity index (χ4v) is 3.66. The zero-order valence-corrected chi connectivity index (χ0v) is 15.4. The van der Waals surface area contributed by atoms with Gasteiger partial charge in [0, 0.05) is 25.8 Å². The first kappa shape index (κ1) is 17.8.